The zero-order valence-corrected chi connectivity index (χ0v) is 18.5. The highest BCUT2D eigenvalue weighted by Gasteiger charge is 2.21. The molecule has 1 aliphatic carbocycles. The molecule has 5 nitrogen and oxygen atoms in total. The summed E-state index contributed by atoms with van der Waals surface area (Å²) in [7, 11) is 0. The number of hydrogen-bond donors (Lipinski definition) is 2. The Morgan fingerprint density at radius 2 is 1.73 bits per heavy atom. The van der Waals surface area contributed by atoms with Gasteiger partial charge in [-0.3, -0.25) is 9.59 Å². The van der Waals surface area contributed by atoms with E-state index in [1.54, 1.807) is 0 Å². The number of amides is 2. The predicted octanol–water partition coefficient (Wildman–Crippen LogP) is 5.72. The minimum atomic E-state index is -0.276. The summed E-state index contributed by atoms with van der Waals surface area (Å²) >= 11 is 1.48. The van der Waals surface area contributed by atoms with E-state index in [1.165, 1.54) is 18.2 Å². The molecule has 1 aliphatic rings. The smallest absolute Gasteiger partial charge is 0.237 e. The van der Waals surface area contributed by atoms with Gasteiger partial charge in [0.05, 0.1) is 17.5 Å². The Balaban J connectivity index is 1.53. The highest BCUT2D eigenvalue weighted by molar-refractivity contribution is 8.00. The Hall–Kier alpha value is -2.47. The van der Waals surface area contributed by atoms with E-state index in [1.807, 2.05) is 62.4 Å². The van der Waals surface area contributed by atoms with Crippen LogP contribution in [-0.2, 0) is 9.59 Å². The number of rotatable bonds is 8. The average molecular weight is 427 g/mol. The summed E-state index contributed by atoms with van der Waals surface area (Å²) in [6.45, 7) is 4.33. The number of hydrogen-bond acceptors (Lipinski definition) is 4. The van der Waals surface area contributed by atoms with Crippen molar-refractivity contribution in [2.75, 3.05) is 17.2 Å². The van der Waals surface area contributed by atoms with Crippen LogP contribution in [0, 0.1) is 5.92 Å². The van der Waals surface area contributed by atoms with Crippen molar-refractivity contribution in [3.05, 3.63) is 48.5 Å². The van der Waals surface area contributed by atoms with Gasteiger partial charge in [0, 0.05) is 16.5 Å². The van der Waals surface area contributed by atoms with Crippen molar-refractivity contribution < 1.29 is 14.3 Å². The third-order valence-corrected chi connectivity index (χ3v) is 6.34. The molecule has 0 heterocycles. The molecule has 2 amide bonds. The first-order chi connectivity index (χ1) is 14.6. The molecule has 6 heteroatoms. The first-order valence-electron chi connectivity index (χ1n) is 10.7. The van der Waals surface area contributed by atoms with Crippen LogP contribution >= 0.6 is 11.8 Å². The summed E-state index contributed by atoms with van der Waals surface area (Å²) in [6.07, 6.45) is 5.49. The molecule has 1 atom stereocenters. The zero-order chi connectivity index (χ0) is 21.3. The highest BCUT2D eigenvalue weighted by Crippen LogP contribution is 2.29. The number of carbonyl (C=O) groups is 2. The second-order valence-corrected chi connectivity index (χ2v) is 8.94. The molecule has 0 bridgehead atoms. The molecule has 1 unspecified atom stereocenters. The molecule has 2 N–H and O–H groups in total. The topological polar surface area (TPSA) is 67.4 Å². The van der Waals surface area contributed by atoms with Gasteiger partial charge in [-0.15, -0.1) is 11.8 Å². The van der Waals surface area contributed by atoms with Crippen molar-refractivity contribution in [2.24, 2.45) is 5.92 Å². The summed E-state index contributed by atoms with van der Waals surface area (Å²) in [5.74, 6) is 0.845. The number of ether oxygens (including phenoxy) is 1. The van der Waals surface area contributed by atoms with E-state index in [-0.39, 0.29) is 23.0 Å². The zero-order valence-electron chi connectivity index (χ0n) is 17.6. The van der Waals surface area contributed by atoms with E-state index >= 15 is 0 Å². The lowest BCUT2D eigenvalue weighted by molar-refractivity contribution is -0.120. The van der Waals surface area contributed by atoms with Crippen LogP contribution in [0.25, 0.3) is 0 Å². The lowest BCUT2D eigenvalue weighted by Crippen LogP contribution is -2.24. The molecular weight excluding hydrogens is 396 g/mol. The average Bonchev–Trinajstić information content (AvgIpc) is 2.77. The van der Waals surface area contributed by atoms with Crippen LogP contribution in [0.2, 0.25) is 0 Å². The van der Waals surface area contributed by atoms with Crippen LogP contribution in [0.5, 0.6) is 5.75 Å². The summed E-state index contributed by atoms with van der Waals surface area (Å²) in [6, 6.07) is 15.1. The number of nitrogens with one attached hydrogen (secondary N) is 2. The fraction of sp³-hybridized carbons (Fsp3) is 0.417. The van der Waals surface area contributed by atoms with Gasteiger partial charge in [-0.2, -0.15) is 0 Å². The monoisotopic (exact) mass is 426 g/mol. The van der Waals surface area contributed by atoms with Crippen LogP contribution in [0.15, 0.2) is 53.4 Å². The standard InChI is InChI=1S/C24H30N2O3S/c1-3-29-22-12-8-7-11-21(22)26-23(27)17(2)30-20-15-13-19(14-16-20)25-24(28)18-9-5-4-6-10-18/h7-8,11-18H,3-6,9-10H2,1-2H3,(H,25,28)(H,26,27). The van der Waals surface area contributed by atoms with E-state index in [4.69, 9.17) is 4.74 Å². The van der Waals surface area contributed by atoms with Crippen LogP contribution in [0.4, 0.5) is 11.4 Å². The molecule has 0 saturated heterocycles. The van der Waals surface area contributed by atoms with Crippen molar-refractivity contribution in [1.82, 2.24) is 0 Å². The summed E-state index contributed by atoms with van der Waals surface area (Å²) in [4.78, 5) is 26.0. The van der Waals surface area contributed by atoms with Crippen LogP contribution in [-0.4, -0.2) is 23.7 Å². The van der Waals surface area contributed by atoms with E-state index < -0.39 is 0 Å². The van der Waals surface area contributed by atoms with E-state index in [0.717, 1.165) is 36.3 Å². The normalized spacial score (nSPS) is 15.3. The Labute approximate surface area is 183 Å². The third kappa shape index (κ3) is 6.26. The molecule has 1 saturated carbocycles. The van der Waals surface area contributed by atoms with E-state index in [0.29, 0.717) is 18.0 Å². The van der Waals surface area contributed by atoms with Gasteiger partial charge in [-0.25, -0.2) is 0 Å². The first-order valence-corrected chi connectivity index (χ1v) is 11.5. The molecule has 0 aromatic heterocycles. The molecular formula is C24H30N2O3S. The van der Waals surface area contributed by atoms with Gasteiger partial charge in [0.2, 0.25) is 11.8 Å². The van der Waals surface area contributed by atoms with Gasteiger partial charge in [0.25, 0.3) is 0 Å². The lowest BCUT2D eigenvalue weighted by atomic mass is 9.88. The van der Waals surface area contributed by atoms with Crippen molar-refractivity contribution in [3.8, 4) is 5.75 Å². The Bertz CT molecular complexity index is 848. The second-order valence-electron chi connectivity index (χ2n) is 7.53. The van der Waals surface area contributed by atoms with Crippen molar-refractivity contribution in [1.29, 1.82) is 0 Å². The lowest BCUT2D eigenvalue weighted by Gasteiger charge is -2.20. The largest absolute Gasteiger partial charge is 0.492 e. The molecule has 3 rings (SSSR count). The van der Waals surface area contributed by atoms with E-state index in [9.17, 15) is 9.59 Å². The van der Waals surface area contributed by atoms with Crippen LogP contribution < -0.4 is 15.4 Å². The quantitative estimate of drug-likeness (QED) is 0.530. The number of carbonyl (C=O) groups excluding carboxylic acids is 2. The molecule has 0 radical (unpaired) electrons. The van der Waals surface area contributed by atoms with Gasteiger partial charge in [0.15, 0.2) is 0 Å². The Morgan fingerprint density at radius 3 is 2.43 bits per heavy atom. The highest BCUT2D eigenvalue weighted by atomic mass is 32.2. The van der Waals surface area contributed by atoms with Gasteiger partial charge in [-0.05, 0) is 63.1 Å². The van der Waals surface area contributed by atoms with Crippen LogP contribution in [0.3, 0.4) is 0 Å². The molecule has 0 spiro atoms. The number of benzene rings is 2. The van der Waals surface area contributed by atoms with Gasteiger partial charge >= 0.3 is 0 Å². The maximum Gasteiger partial charge on any atom is 0.237 e. The van der Waals surface area contributed by atoms with Crippen molar-refractivity contribution in [2.45, 2.75) is 56.1 Å². The minimum absolute atomic E-state index is 0.0816. The van der Waals surface area contributed by atoms with Gasteiger partial charge < -0.3 is 15.4 Å². The predicted molar refractivity (Wildman–Crippen MR) is 123 cm³/mol. The maximum atomic E-state index is 12.6. The molecule has 160 valence electrons. The molecule has 2 aromatic rings. The number of thioether (sulfide) groups is 1. The SMILES string of the molecule is CCOc1ccccc1NC(=O)C(C)Sc1ccc(NC(=O)C2CCCCC2)cc1. The van der Waals surface area contributed by atoms with Crippen molar-refractivity contribution >= 4 is 35.0 Å². The summed E-state index contributed by atoms with van der Waals surface area (Å²) in [5, 5.41) is 5.70. The Kier molecular flexibility index (Phi) is 8.20. The fourth-order valence-electron chi connectivity index (χ4n) is 3.57. The van der Waals surface area contributed by atoms with Crippen molar-refractivity contribution in [3.63, 3.8) is 0 Å². The third-order valence-electron chi connectivity index (χ3n) is 5.22. The summed E-state index contributed by atoms with van der Waals surface area (Å²) in [5.41, 5.74) is 1.48. The van der Waals surface area contributed by atoms with Gasteiger partial charge in [-0.1, -0.05) is 31.4 Å². The maximum absolute atomic E-state index is 12.6. The van der Waals surface area contributed by atoms with E-state index in [2.05, 4.69) is 10.6 Å². The minimum Gasteiger partial charge on any atom is -0.492 e. The number of para-hydroxylation sites is 2. The summed E-state index contributed by atoms with van der Waals surface area (Å²) < 4.78 is 5.57. The molecule has 2 aromatic carbocycles. The number of anilines is 2. The molecule has 1 fully saturated rings. The first kappa shape index (κ1) is 22.2. The van der Waals surface area contributed by atoms with Crippen LogP contribution in [0.1, 0.15) is 46.0 Å². The second kappa shape index (κ2) is 11.1. The van der Waals surface area contributed by atoms with Gasteiger partial charge in [0.1, 0.15) is 5.75 Å². The molecule has 30 heavy (non-hydrogen) atoms. The molecule has 0 aliphatic heterocycles. The Morgan fingerprint density at radius 1 is 1.03 bits per heavy atom. The fourth-order valence-corrected chi connectivity index (χ4v) is 4.44.